The molecule has 2 aromatic rings. The van der Waals surface area contributed by atoms with Crippen molar-refractivity contribution in [1.82, 2.24) is 0 Å². The summed E-state index contributed by atoms with van der Waals surface area (Å²) in [4.78, 5) is 0. The summed E-state index contributed by atoms with van der Waals surface area (Å²) in [7, 11) is 0. The summed E-state index contributed by atoms with van der Waals surface area (Å²) < 4.78 is 13.6. The van der Waals surface area contributed by atoms with Crippen LogP contribution in [-0.4, -0.2) is 11.7 Å². The van der Waals surface area contributed by atoms with Crippen LogP contribution in [0.4, 0.5) is 10.1 Å². The lowest BCUT2D eigenvalue weighted by atomic mass is 10.1. The molecule has 0 heterocycles. The molecule has 106 valence electrons. The largest absolute Gasteiger partial charge is 0.387 e. The van der Waals surface area contributed by atoms with Crippen molar-refractivity contribution in [2.45, 2.75) is 6.10 Å². The molecule has 0 bridgehead atoms. The first-order valence-electron chi connectivity index (χ1n) is 5.79. The number of hydrogen-bond acceptors (Lipinski definition) is 2. The maximum absolute atomic E-state index is 13.1. The lowest BCUT2D eigenvalue weighted by Gasteiger charge is -2.15. The molecule has 1 atom stereocenters. The zero-order chi connectivity index (χ0) is 14.7. The molecule has 0 aromatic heterocycles. The lowest BCUT2D eigenvalue weighted by Crippen LogP contribution is -2.12. The average Bonchev–Trinajstić information content (AvgIpc) is 2.38. The molecular formula is C14H11BrCl2FNO. The highest BCUT2D eigenvalue weighted by atomic mass is 79.9. The van der Waals surface area contributed by atoms with E-state index >= 15 is 0 Å². The van der Waals surface area contributed by atoms with E-state index < -0.39 is 11.9 Å². The van der Waals surface area contributed by atoms with Crippen LogP contribution < -0.4 is 5.32 Å². The highest BCUT2D eigenvalue weighted by Gasteiger charge is 2.11. The Labute approximate surface area is 134 Å². The van der Waals surface area contributed by atoms with E-state index in [-0.39, 0.29) is 11.6 Å². The molecule has 0 saturated carbocycles. The summed E-state index contributed by atoms with van der Waals surface area (Å²) in [6.45, 7) is 0.242. The van der Waals surface area contributed by atoms with Crippen LogP contribution in [-0.2, 0) is 0 Å². The summed E-state index contributed by atoms with van der Waals surface area (Å²) in [6, 6.07) is 9.43. The second-order valence-electron chi connectivity index (χ2n) is 4.19. The standard InChI is InChI=1S/C14H11BrCl2FNO/c15-11-5-10(18)6-12(17)14(11)19-7-13(20)8-1-3-9(16)4-2-8/h1-6,13,19-20H,7H2. The highest BCUT2D eigenvalue weighted by Crippen LogP contribution is 2.32. The average molecular weight is 379 g/mol. The SMILES string of the molecule is OC(CNc1c(Cl)cc(F)cc1Br)c1ccc(Cl)cc1. The minimum Gasteiger partial charge on any atom is -0.387 e. The zero-order valence-electron chi connectivity index (χ0n) is 10.2. The summed E-state index contributed by atoms with van der Waals surface area (Å²) in [5.74, 6) is -0.425. The van der Waals surface area contributed by atoms with E-state index in [4.69, 9.17) is 23.2 Å². The minimum atomic E-state index is -0.722. The molecule has 20 heavy (non-hydrogen) atoms. The fraction of sp³-hybridized carbons (Fsp3) is 0.143. The van der Waals surface area contributed by atoms with Gasteiger partial charge in [-0.1, -0.05) is 35.3 Å². The summed E-state index contributed by atoms with van der Waals surface area (Å²) in [6.07, 6.45) is -0.722. The van der Waals surface area contributed by atoms with Gasteiger partial charge in [0.2, 0.25) is 0 Å². The van der Waals surface area contributed by atoms with Gasteiger partial charge in [0, 0.05) is 16.0 Å². The van der Waals surface area contributed by atoms with Crippen molar-refractivity contribution in [3.63, 3.8) is 0 Å². The first kappa shape index (κ1) is 15.6. The van der Waals surface area contributed by atoms with Crippen molar-refractivity contribution in [3.8, 4) is 0 Å². The molecule has 2 rings (SSSR count). The van der Waals surface area contributed by atoms with Gasteiger partial charge in [-0.05, 0) is 45.8 Å². The summed E-state index contributed by atoms with van der Waals surface area (Å²) in [5, 5.41) is 13.9. The first-order chi connectivity index (χ1) is 9.47. The number of halogens is 4. The number of nitrogens with one attached hydrogen (secondary N) is 1. The molecule has 2 aromatic carbocycles. The third-order valence-corrected chi connectivity index (χ3v) is 3.91. The Morgan fingerprint density at radius 1 is 1.20 bits per heavy atom. The van der Waals surface area contributed by atoms with Crippen molar-refractivity contribution in [1.29, 1.82) is 0 Å². The quantitative estimate of drug-likeness (QED) is 0.780. The monoisotopic (exact) mass is 377 g/mol. The van der Waals surface area contributed by atoms with E-state index in [9.17, 15) is 9.50 Å². The van der Waals surface area contributed by atoms with Gasteiger partial charge >= 0.3 is 0 Å². The van der Waals surface area contributed by atoms with Gasteiger partial charge in [-0.3, -0.25) is 0 Å². The van der Waals surface area contributed by atoms with Gasteiger partial charge in [0.25, 0.3) is 0 Å². The molecule has 6 heteroatoms. The molecule has 2 N–H and O–H groups in total. The van der Waals surface area contributed by atoms with Gasteiger partial charge < -0.3 is 10.4 Å². The van der Waals surface area contributed by atoms with Crippen LogP contribution in [0.25, 0.3) is 0 Å². The maximum atomic E-state index is 13.1. The Morgan fingerprint density at radius 2 is 1.85 bits per heavy atom. The predicted molar refractivity (Wildman–Crippen MR) is 84.0 cm³/mol. The Morgan fingerprint density at radius 3 is 2.45 bits per heavy atom. The molecular weight excluding hydrogens is 368 g/mol. The van der Waals surface area contributed by atoms with Gasteiger partial charge in [0.15, 0.2) is 0 Å². The fourth-order valence-corrected chi connectivity index (χ4v) is 2.80. The molecule has 0 aliphatic carbocycles. The van der Waals surface area contributed by atoms with E-state index in [0.29, 0.717) is 15.2 Å². The molecule has 0 spiro atoms. The van der Waals surface area contributed by atoms with Crippen LogP contribution in [0.15, 0.2) is 40.9 Å². The lowest BCUT2D eigenvalue weighted by molar-refractivity contribution is 0.191. The first-order valence-corrected chi connectivity index (χ1v) is 7.34. The van der Waals surface area contributed by atoms with Crippen LogP contribution >= 0.6 is 39.1 Å². The molecule has 0 fully saturated rings. The van der Waals surface area contributed by atoms with Crippen LogP contribution in [0.3, 0.4) is 0 Å². The molecule has 1 unspecified atom stereocenters. The topological polar surface area (TPSA) is 32.3 Å². The van der Waals surface area contributed by atoms with Crippen molar-refractivity contribution < 1.29 is 9.50 Å². The number of rotatable bonds is 4. The Kier molecular flexibility index (Phi) is 5.27. The molecule has 0 aliphatic heterocycles. The van der Waals surface area contributed by atoms with E-state index in [1.165, 1.54) is 12.1 Å². The van der Waals surface area contributed by atoms with Gasteiger partial charge in [-0.15, -0.1) is 0 Å². The normalized spacial score (nSPS) is 12.2. The van der Waals surface area contributed by atoms with Gasteiger partial charge in [-0.25, -0.2) is 4.39 Å². The minimum absolute atomic E-state index is 0.242. The Hall–Kier alpha value is -0.810. The highest BCUT2D eigenvalue weighted by molar-refractivity contribution is 9.10. The van der Waals surface area contributed by atoms with Crippen LogP contribution in [0.1, 0.15) is 11.7 Å². The molecule has 0 saturated heterocycles. The van der Waals surface area contributed by atoms with E-state index in [2.05, 4.69) is 21.2 Å². The number of aliphatic hydroxyl groups excluding tert-OH is 1. The van der Waals surface area contributed by atoms with Crippen LogP contribution in [0.2, 0.25) is 10.0 Å². The Balaban J connectivity index is 2.07. The van der Waals surface area contributed by atoms with Gasteiger partial charge in [0.1, 0.15) is 5.82 Å². The van der Waals surface area contributed by atoms with Gasteiger partial charge in [0.05, 0.1) is 16.8 Å². The van der Waals surface area contributed by atoms with E-state index in [1.807, 2.05) is 0 Å². The Bertz CT molecular complexity index is 584. The molecule has 0 radical (unpaired) electrons. The molecule has 0 amide bonds. The van der Waals surface area contributed by atoms with E-state index in [0.717, 1.165) is 5.56 Å². The fourth-order valence-electron chi connectivity index (χ4n) is 1.71. The third kappa shape index (κ3) is 3.85. The van der Waals surface area contributed by atoms with E-state index in [1.54, 1.807) is 24.3 Å². The number of aliphatic hydroxyl groups is 1. The molecule has 0 aliphatic rings. The number of hydrogen-bond donors (Lipinski definition) is 2. The second kappa shape index (κ2) is 6.76. The summed E-state index contributed by atoms with van der Waals surface area (Å²) >= 11 is 15.0. The van der Waals surface area contributed by atoms with Crippen molar-refractivity contribution in [2.75, 3.05) is 11.9 Å². The van der Waals surface area contributed by atoms with Crippen LogP contribution in [0.5, 0.6) is 0 Å². The zero-order valence-corrected chi connectivity index (χ0v) is 13.3. The summed E-state index contributed by atoms with van der Waals surface area (Å²) in [5.41, 5.74) is 1.28. The van der Waals surface area contributed by atoms with Gasteiger partial charge in [-0.2, -0.15) is 0 Å². The second-order valence-corrected chi connectivity index (χ2v) is 5.89. The smallest absolute Gasteiger partial charge is 0.125 e. The van der Waals surface area contributed by atoms with Crippen molar-refractivity contribution in [2.24, 2.45) is 0 Å². The predicted octanol–water partition coefficient (Wildman–Crippen LogP) is 5.04. The number of benzene rings is 2. The number of anilines is 1. The third-order valence-electron chi connectivity index (χ3n) is 2.73. The maximum Gasteiger partial charge on any atom is 0.125 e. The van der Waals surface area contributed by atoms with Crippen LogP contribution in [0, 0.1) is 5.82 Å². The van der Waals surface area contributed by atoms with Crippen molar-refractivity contribution >= 4 is 44.8 Å². The van der Waals surface area contributed by atoms with Crippen molar-refractivity contribution in [3.05, 3.63) is 62.3 Å². The molecule has 2 nitrogen and oxygen atoms in total.